The Morgan fingerprint density at radius 2 is 2.23 bits per heavy atom. The van der Waals surface area contributed by atoms with E-state index in [1.54, 1.807) is 22.6 Å². The van der Waals surface area contributed by atoms with Crippen molar-refractivity contribution < 1.29 is 4.92 Å². The number of nitrogens with zero attached hydrogens (tertiary/aromatic N) is 1. The fourth-order valence-electron chi connectivity index (χ4n) is 0.864. The van der Waals surface area contributed by atoms with Crippen LogP contribution in [0.15, 0.2) is 18.2 Å². The smallest absolute Gasteiger partial charge is 0.271 e. The van der Waals surface area contributed by atoms with E-state index in [0.717, 1.165) is 0 Å². The maximum Gasteiger partial charge on any atom is 0.271 e. The van der Waals surface area contributed by atoms with Crippen LogP contribution in [0.3, 0.4) is 0 Å². The van der Waals surface area contributed by atoms with Crippen LogP contribution < -0.4 is 5.73 Å². The SMILES string of the molecule is N=C(I)c1ccc([N+](=O)[O-])cc1N. The quantitative estimate of drug-likeness (QED) is 0.287. The van der Waals surface area contributed by atoms with E-state index in [1.807, 2.05) is 0 Å². The first-order valence-corrected chi connectivity index (χ1v) is 4.38. The van der Waals surface area contributed by atoms with Crippen molar-refractivity contribution in [2.75, 3.05) is 5.73 Å². The standard InChI is InChI=1S/C7H6IN3O2/c8-7(10)5-2-1-4(11(12)13)3-6(5)9/h1-3,10H,9H2. The number of benzene rings is 1. The Hall–Kier alpha value is -1.18. The highest BCUT2D eigenvalue weighted by molar-refractivity contribution is 14.1. The molecule has 0 radical (unpaired) electrons. The summed E-state index contributed by atoms with van der Waals surface area (Å²) in [5.41, 5.74) is 6.23. The fraction of sp³-hybridized carbons (Fsp3) is 0. The highest BCUT2D eigenvalue weighted by Crippen LogP contribution is 2.21. The number of nitro benzene ring substituents is 1. The van der Waals surface area contributed by atoms with Crippen molar-refractivity contribution in [1.82, 2.24) is 0 Å². The van der Waals surface area contributed by atoms with Crippen molar-refractivity contribution in [2.45, 2.75) is 0 Å². The highest BCUT2D eigenvalue weighted by Gasteiger charge is 2.09. The lowest BCUT2D eigenvalue weighted by Crippen LogP contribution is -1.98. The molecule has 0 spiro atoms. The third kappa shape index (κ3) is 2.14. The Morgan fingerprint density at radius 1 is 1.62 bits per heavy atom. The molecule has 3 N–H and O–H groups in total. The number of nitro groups is 1. The van der Waals surface area contributed by atoms with Crippen LogP contribution in [0, 0.1) is 15.5 Å². The molecule has 0 aliphatic rings. The summed E-state index contributed by atoms with van der Waals surface area (Å²) in [6, 6.07) is 4.06. The largest absolute Gasteiger partial charge is 0.398 e. The van der Waals surface area contributed by atoms with Crippen LogP contribution in [0.5, 0.6) is 0 Å². The van der Waals surface area contributed by atoms with Gasteiger partial charge in [0.1, 0.15) is 3.72 Å². The predicted octanol–water partition coefficient (Wildman–Crippen LogP) is 1.94. The van der Waals surface area contributed by atoms with Gasteiger partial charge in [0.2, 0.25) is 0 Å². The molecule has 1 aromatic carbocycles. The molecule has 6 heteroatoms. The van der Waals surface area contributed by atoms with Crippen LogP contribution in [0.1, 0.15) is 5.56 Å². The Balaban J connectivity index is 3.20. The van der Waals surface area contributed by atoms with Gasteiger partial charge in [-0.05, 0) is 28.7 Å². The monoisotopic (exact) mass is 291 g/mol. The number of hydrogen-bond acceptors (Lipinski definition) is 4. The number of non-ortho nitro benzene ring substituents is 1. The number of anilines is 1. The van der Waals surface area contributed by atoms with Crippen LogP contribution in [0.4, 0.5) is 11.4 Å². The summed E-state index contributed by atoms with van der Waals surface area (Å²) >= 11 is 1.80. The second-order valence-corrected chi connectivity index (χ2v) is 3.42. The summed E-state index contributed by atoms with van der Waals surface area (Å²) < 4.78 is 0.269. The summed E-state index contributed by atoms with van der Waals surface area (Å²) in [7, 11) is 0. The van der Waals surface area contributed by atoms with Crippen LogP contribution in [0.25, 0.3) is 0 Å². The van der Waals surface area contributed by atoms with E-state index in [1.165, 1.54) is 18.2 Å². The molecule has 5 nitrogen and oxygen atoms in total. The van der Waals surface area contributed by atoms with E-state index < -0.39 is 4.92 Å². The van der Waals surface area contributed by atoms with Crippen molar-refractivity contribution in [3.63, 3.8) is 0 Å². The first kappa shape index (κ1) is 9.90. The molecule has 0 aliphatic heterocycles. The topological polar surface area (TPSA) is 93.0 Å². The Bertz CT molecular complexity index is 378. The van der Waals surface area contributed by atoms with Crippen molar-refractivity contribution in [3.05, 3.63) is 33.9 Å². The van der Waals surface area contributed by atoms with Gasteiger partial charge >= 0.3 is 0 Å². The lowest BCUT2D eigenvalue weighted by Gasteiger charge is -2.00. The second-order valence-electron chi connectivity index (χ2n) is 2.34. The van der Waals surface area contributed by atoms with E-state index in [9.17, 15) is 10.1 Å². The molecule has 0 saturated heterocycles. The van der Waals surface area contributed by atoms with E-state index in [-0.39, 0.29) is 15.1 Å². The van der Waals surface area contributed by atoms with E-state index in [0.29, 0.717) is 5.56 Å². The van der Waals surface area contributed by atoms with E-state index in [2.05, 4.69) is 0 Å². The van der Waals surface area contributed by atoms with Crippen LogP contribution in [-0.4, -0.2) is 8.64 Å². The molecule has 0 atom stereocenters. The van der Waals surface area contributed by atoms with Gasteiger partial charge in [0.25, 0.3) is 5.69 Å². The third-order valence-electron chi connectivity index (χ3n) is 1.48. The van der Waals surface area contributed by atoms with Crippen molar-refractivity contribution >= 4 is 37.7 Å². The van der Waals surface area contributed by atoms with Crippen molar-refractivity contribution in [2.24, 2.45) is 0 Å². The zero-order valence-electron chi connectivity index (χ0n) is 6.45. The van der Waals surface area contributed by atoms with Crippen molar-refractivity contribution in [1.29, 1.82) is 5.41 Å². The Kier molecular flexibility index (Phi) is 2.81. The third-order valence-corrected chi connectivity index (χ3v) is 2.06. The zero-order chi connectivity index (χ0) is 10.0. The van der Waals surface area contributed by atoms with Crippen LogP contribution >= 0.6 is 22.6 Å². The van der Waals surface area contributed by atoms with Gasteiger partial charge in [0, 0.05) is 23.4 Å². The highest BCUT2D eigenvalue weighted by atomic mass is 127. The van der Waals surface area contributed by atoms with Gasteiger partial charge in [-0.3, -0.25) is 15.5 Å². The molecular weight excluding hydrogens is 285 g/mol. The fourth-order valence-corrected chi connectivity index (χ4v) is 1.35. The first-order valence-electron chi connectivity index (χ1n) is 3.30. The molecule has 68 valence electrons. The van der Waals surface area contributed by atoms with Crippen LogP contribution in [0.2, 0.25) is 0 Å². The Morgan fingerprint density at radius 3 is 2.62 bits per heavy atom. The van der Waals surface area contributed by atoms with Gasteiger partial charge in [-0.1, -0.05) is 0 Å². The van der Waals surface area contributed by atoms with Gasteiger partial charge in [-0.25, -0.2) is 0 Å². The first-order chi connectivity index (χ1) is 6.02. The molecule has 13 heavy (non-hydrogen) atoms. The number of nitrogens with one attached hydrogen (secondary N) is 1. The molecule has 0 aromatic heterocycles. The molecule has 0 fully saturated rings. The van der Waals surface area contributed by atoms with E-state index >= 15 is 0 Å². The Labute approximate surface area is 87.7 Å². The molecule has 0 saturated carbocycles. The van der Waals surface area contributed by atoms with E-state index in [4.69, 9.17) is 11.1 Å². The summed E-state index contributed by atoms with van der Waals surface area (Å²) in [6.07, 6.45) is 0. The number of hydrogen-bond donors (Lipinski definition) is 2. The molecule has 0 amide bonds. The molecular formula is C7H6IN3O2. The van der Waals surface area contributed by atoms with Gasteiger partial charge in [0.15, 0.2) is 0 Å². The summed E-state index contributed by atoms with van der Waals surface area (Å²) in [5, 5.41) is 17.6. The number of nitrogen functional groups attached to an aromatic ring is 1. The maximum atomic E-state index is 10.3. The second kappa shape index (κ2) is 3.69. The van der Waals surface area contributed by atoms with Gasteiger partial charge in [-0.2, -0.15) is 0 Å². The van der Waals surface area contributed by atoms with Gasteiger partial charge < -0.3 is 5.73 Å². The average molecular weight is 291 g/mol. The number of nitrogens with two attached hydrogens (primary N) is 1. The minimum absolute atomic E-state index is 0.0566. The minimum Gasteiger partial charge on any atom is -0.398 e. The maximum absolute atomic E-state index is 10.3. The summed E-state index contributed by atoms with van der Waals surface area (Å²) in [4.78, 5) is 9.81. The predicted molar refractivity (Wildman–Crippen MR) is 58.4 cm³/mol. The minimum atomic E-state index is -0.517. The molecule has 0 unspecified atom stereocenters. The summed E-state index contributed by atoms with van der Waals surface area (Å²) in [5.74, 6) is 0. The number of rotatable bonds is 2. The number of halogens is 1. The molecule has 1 rings (SSSR count). The van der Waals surface area contributed by atoms with Crippen LogP contribution in [-0.2, 0) is 0 Å². The summed E-state index contributed by atoms with van der Waals surface area (Å²) in [6.45, 7) is 0. The lowest BCUT2D eigenvalue weighted by atomic mass is 10.2. The lowest BCUT2D eigenvalue weighted by molar-refractivity contribution is -0.384. The molecule has 0 bridgehead atoms. The van der Waals surface area contributed by atoms with Gasteiger partial charge in [-0.15, -0.1) is 0 Å². The molecule has 1 aromatic rings. The normalized spacial score (nSPS) is 9.62. The zero-order valence-corrected chi connectivity index (χ0v) is 8.61. The molecule has 0 aliphatic carbocycles. The molecule has 0 heterocycles. The van der Waals surface area contributed by atoms with Gasteiger partial charge in [0.05, 0.1) is 4.92 Å². The average Bonchev–Trinajstić information content (AvgIpc) is 2.03. The van der Waals surface area contributed by atoms with Crippen molar-refractivity contribution in [3.8, 4) is 0 Å².